The maximum atomic E-state index is 4.31. The number of thiol groups is 1. The molecule has 0 spiro atoms. The van der Waals surface area contributed by atoms with Crippen LogP contribution in [0.3, 0.4) is 0 Å². The minimum Gasteiger partial charge on any atom is -0.179 e. The third-order valence-corrected chi connectivity index (χ3v) is 3.66. The Balaban J connectivity index is 2.03. The highest BCUT2D eigenvalue weighted by Gasteiger charge is 2.23. The Morgan fingerprint density at radius 3 is 2.38 bits per heavy atom. The lowest BCUT2D eigenvalue weighted by atomic mass is 9.97. The number of unbranched alkanes of at least 4 members (excludes halogenated alkanes) is 2. The van der Waals surface area contributed by atoms with Crippen LogP contribution in [-0.2, 0) is 0 Å². The summed E-state index contributed by atoms with van der Waals surface area (Å²) < 4.78 is 0. The van der Waals surface area contributed by atoms with E-state index in [2.05, 4.69) is 19.6 Å². The number of rotatable bonds is 6. The van der Waals surface area contributed by atoms with Crippen LogP contribution in [0.2, 0.25) is 0 Å². The van der Waals surface area contributed by atoms with Gasteiger partial charge < -0.3 is 0 Å². The van der Waals surface area contributed by atoms with Crippen molar-refractivity contribution < 1.29 is 0 Å². The van der Waals surface area contributed by atoms with Crippen molar-refractivity contribution >= 4 is 12.6 Å². The second kappa shape index (κ2) is 6.75. The van der Waals surface area contributed by atoms with E-state index in [1.54, 1.807) is 0 Å². The van der Waals surface area contributed by atoms with Crippen molar-refractivity contribution in [2.75, 3.05) is 5.75 Å². The van der Waals surface area contributed by atoms with Crippen molar-refractivity contribution in [2.45, 2.75) is 58.3 Å². The highest BCUT2D eigenvalue weighted by Crippen LogP contribution is 2.36. The normalized spacial score (nSPS) is 28.2. The first-order valence-corrected chi connectivity index (χ1v) is 6.61. The van der Waals surface area contributed by atoms with E-state index in [9.17, 15) is 0 Å². The predicted molar refractivity (Wildman–Crippen MR) is 63.4 cm³/mol. The number of hydrogen-bond donors (Lipinski definition) is 1. The third kappa shape index (κ3) is 4.39. The third-order valence-electron chi connectivity index (χ3n) is 3.40. The molecule has 0 bridgehead atoms. The van der Waals surface area contributed by atoms with Gasteiger partial charge in [-0.05, 0) is 30.4 Å². The Morgan fingerprint density at radius 1 is 1.08 bits per heavy atom. The van der Waals surface area contributed by atoms with Gasteiger partial charge in [-0.1, -0.05) is 45.4 Å². The molecule has 2 unspecified atom stereocenters. The van der Waals surface area contributed by atoms with E-state index in [0.717, 1.165) is 17.6 Å². The van der Waals surface area contributed by atoms with Crippen molar-refractivity contribution in [2.24, 2.45) is 11.8 Å². The molecule has 0 nitrogen and oxygen atoms in total. The van der Waals surface area contributed by atoms with Crippen LogP contribution in [-0.4, -0.2) is 5.75 Å². The van der Waals surface area contributed by atoms with Crippen LogP contribution in [0.15, 0.2) is 0 Å². The largest absolute Gasteiger partial charge is 0.179 e. The van der Waals surface area contributed by atoms with Crippen molar-refractivity contribution in [3.05, 3.63) is 0 Å². The molecule has 1 saturated carbocycles. The van der Waals surface area contributed by atoms with E-state index in [4.69, 9.17) is 0 Å². The zero-order valence-corrected chi connectivity index (χ0v) is 9.86. The lowest BCUT2D eigenvalue weighted by Crippen LogP contribution is -1.97. The first-order valence-electron chi connectivity index (χ1n) is 5.97. The quantitative estimate of drug-likeness (QED) is 0.479. The van der Waals surface area contributed by atoms with Gasteiger partial charge in [-0.3, -0.25) is 0 Å². The van der Waals surface area contributed by atoms with E-state index >= 15 is 0 Å². The lowest BCUT2D eigenvalue weighted by Gasteiger charge is -2.09. The molecule has 0 amide bonds. The molecule has 0 radical (unpaired) electrons. The smallest absolute Gasteiger partial charge is 0.00953 e. The fraction of sp³-hybridized carbons (Fsp3) is 1.00. The summed E-state index contributed by atoms with van der Waals surface area (Å²) in [6, 6.07) is 0. The highest BCUT2D eigenvalue weighted by molar-refractivity contribution is 7.80. The maximum Gasteiger partial charge on any atom is -0.00953 e. The van der Waals surface area contributed by atoms with Crippen LogP contribution in [0.5, 0.6) is 0 Å². The summed E-state index contributed by atoms with van der Waals surface area (Å²) in [5.74, 6) is 3.17. The monoisotopic (exact) mass is 200 g/mol. The van der Waals surface area contributed by atoms with E-state index in [1.807, 2.05) is 0 Å². The highest BCUT2D eigenvalue weighted by atomic mass is 32.1. The minimum absolute atomic E-state index is 1.02. The fourth-order valence-electron chi connectivity index (χ4n) is 2.57. The van der Waals surface area contributed by atoms with Gasteiger partial charge in [-0.15, -0.1) is 0 Å². The number of hydrogen-bond acceptors (Lipinski definition) is 1. The van der Waals surface area contributed by atoms with Gasteiger partial charge in [0.2, 0.25) is 0 Å². The van der Waals surface area contributed by atoms with Gasteiger partial charge in [0.05, 0.1) is 0 Å². The van der Waals surface area contributed by atoms with Crippen LogP contribution in [0.1, 0.15) is 58.3 Å². The molecule has 0 heterocycles. The van der Waals surface area contributed by atoms with Crippen LogP contribution in [0.25, 0.3) is 0 Å². The van der Waals surface area contributed by atoms with Crippen molar-refractivity contribution in [3.63, 3.8) is 0 Å². The van der Waals surface area contributed by atoms with E-state index < -0.39 is 0 Å². The molecule has 0 aliphatic heterocycles. The first-order chi connectivity index (χ1) is 6.36. The molecule has 0 aromatic heterocycles. The molecule has 1 aliphatic carbocycles. The van der Waals surface area contributed by atoms with Crippen molar-refractivity contribution in [1.29, 1.82) is 0 Å². The molecule has 1 rings (SSSR count). The van der Waals surface area contributed by atoms with Crippen LogP contribution in [0, 0.1) is 11.8 Å². The summed E-state index contributed by atoms with van der Waals surface area (Å²) >= 11 is 4.31. The molecule has 1 aliphatic rings. The molecule has 0 aromatic carbocycles. The zero-order chi connectivity index (χ0) is 9.52. The van der Waals surface area contributed by atoms with Gasteiger partial charge in [-0.25, -0.2) is 0 Å². The van der Waals surface area contributed by atoms with E-state index in [-0.39, 0.29) is 0 Å². The Bertz CT molecular complexity index is 122. The minimum atomic E-state index is 1.02. The molecule has 78 valence electrons. The van der Waals surface area contributed by atoms with Gasteiger partial charge in [0.15, 0.2) is 0 Å². The van der Waals surface area contributed by atoms with Gasteiger partial charge >= 0.3 is 0 Å². The second-order valence-corrected chi connectivity index (χ2v) is 5.00. The van der Waals surface area contributed by atoms with Gasteiger partial charge in [0.1, 0.15) is 0 Å². The Labute approximate surface area is 88.9 Å². The predicted octanol–water partition coefficient (Wildman–Crippen LogP) is 4.30. The molecule has 0 saturated heterocycles. The summed E-state index contributed by atoms with van der Waals surface area (Å²) in [6.07, 6.45) is 11.6. The summed E-state index contributed by atoms with van der Waals surface area (Å²) in [4.78, 5) is 0. The lowest BCUT2D eigenvalue weighted by molar-refractivity contribution is 0.440. The Hall–Kier alpha value is 0.350. The molecule has 0 aromatic rings. The SMILES string of the molecule is CCCCCC1CCC(CCS)C1. The standard InChI is InChI=1S/C12H24S/c1-2-3-4-5-11-6-7-12(10-11)8-9-13/h11-13H,2-10H2,1H3. The van der Waals surface area contributed by atoms with Gasteiger partial charge in [-0.2, -0.15) is 12.6 Å². The van der Waals surface area contributed by atoms with E-state index in [1.165, 1.54) is 51.4 Å². The Morgan fingerprint density at radius 2 is 1.77 bits per heavy atom. The average Bonchev–Trinajstić information content (AvgIpc) is 2.54. The molecule has 13 heavy (non-hydrogen) atoms. The van der Waals surface area contributed by atoms with Crippen LogP contribution in [0.4, 0.5) is 0 Å². The van der Waals surface area contributed by atoms with Gasteiger partial charge in [0.25, 0.3) is 0 Å². The topological polar surface area (TPSA) is 0 Å². The van der Waals surface area contributed by atoms with Crippen LogP contribution < -0.4 is 0 Å². The second-order valence-electron chi connectivity index (χ2n) is 4.55. The maximum absolute atomic E-state index is 4.31. The summed E-state index contributed by atoms with van der Waals surface area (Å²) in [5.41, 5.74) is 0. The zero-order valence-electron chi connectivity index (χ0n) is 8.97. The molecular weight excluding hydrogens is 176 g/mol. The summed E-state index contributed by atoms with van der Waals surface area (Å²) in [5, 5.41) is 0. The van der Waals surface area contributed by atoms with Crippen LogP contribution >= 0.6 is 12.6 Å². The van der Waals surface area contributed by atoms with Crippen molar-refractivity contribution in [1.82, 2.24) is 0 Å². The fourth-order valence-corrected chi connectivity index (χ4v) is 2.93. The van der Waals surface area contributed by atoms with E-state index in [0.29, 0.717) is 0 Å². The molecular formula is C12H24S. The Kier molecular flexibility index (Phi) is 5.93. The first kappa shape index (κ1) is 11.4. The summed E-state index contributed by atoms with van der Waals surface area (Å²) in [6.45, 7) is 2.29. The molecule has 1 fully saturated rings. The molecule has 1 heteroatoms. The molecule has 2 atom stereocenters. The van der Waals surface area contributed by atoms with Crippen molar-refractivity contribution in [3.8, 4) is 0 Å². The molecule has 0 N–H and O–H groups in total. The van der Waals surface area contributed by atoms with Gasteiger partial charge in [0, 0.05) is 0 Å². The average molecular weight is 200 g/mol. The summed E-state index contributed by atoms with van der Waals surface area (Å²) in [7, 11) is 0.